The van der Waals surface area contributed by atoms with Gasteiger partial charge in [0.2, 0.25) is 11.8 Å². The molecule has 0 aromatic rings. The average molecular weight is 228 g/mol. The number of rotatable bonds is 5. The van der Waals surface area contributed by atoms with Crippen LogP contribution < -0.4 is 5.73 Å². The molecular weight excluding hydrogens is 208 g/mol. The normalized spacial score (nSPS) is 24.6. The Hall–Kier alpha value is -1.10. The molecule has 0 bridgehead atoms. The highest BCUT2D eigenvalue weighted by Gasteiger charge is 2.38. The van der Waals surface area contributed by atoms with Crippen LogP contribution in [0.25, 0.3) is 0 Å². The lowest BCUT2D eigenvalue weighted by atomic mass is 10.0. The average Bonchev–Trinajstić information content (AvgIpc) is 2.47. The first-order chi connectivity index (χ1) is 7.47. The Morgan fingerprint density at radius 2 is 2.31 bits per heavy atom. The summed E-state index contributed by atoms with van der Waals surface area (Å²) in [6.45, 7) is 4.08. The molecule has 5 nitrogen and oxygen atoms in total. The molecule has 1 fully saturated rings. The van der Waals surface area contributed by atoms with Gasteiger partial charge >= 0.3 is 0 Å². The molecule has 1 rings (SSSR count). The molecule has 16 heavy (non-hydrogen) atoms. The van der Waals surface area contributed by atoms with Gasteiger partial charge in [0.05, 0.1) is 6.10 Å². The summed E-state index contributed by atoms with van der Waals surface area (Å²) in [6, 6.07) is -0.880. The quantitative estimate of drug-likeness (QED) is 0.687. The first kappa shape index (κ1) is 13.0. The van der Waals surface area contributed by atoms with Crippen molar-refractivity contribution in [1.29, 1.82) is 0 Å². The maximum atomic E-state index is 11.7. The minimum atomic E-state index is -0.915. The highest BCUT2D eigenvalue weighted by molar-refractivity contribution is 5.88. The zero-order chi connectivity index (χ0) is 12.3. The summed E-state index contributed by atoms with van der Waals surface area (Å²) >= 11 is 0. The molecule has 0 saturated carbocycles. The number of likely N-dealkylation sites (tertiary alicyclic amines) is 1. The Morgan fingerprint density at radius 1 is 1.69 bits per heavy atom. The van der Waals surface area contributed by atoms with E-state index in [1.54, 1.807) is 0 Å². The molecule has 92 valence electrons. The lowest BCUT2D eigenvalue weighted by molar-refractivity contribution is -0.139. The van der Waals surface area contributed by atoms with Crippen LogP contribution in [0, 0.1) is 5.92 Å². The summed E-state index contributed by atoms with van der Waals surface area (Å²) in [6.07, 6.45) is 1.53. The van der Waals surface area contributed by atoms with Crippen molar-refractivity contribution in [3.63, 3.8) is 0 Å². The molecule has 0 aromatic heterocycles. The number of carbonyl (C=O) groups is 2. The van der Waals surface area contributed by atoms with Gasteiger partial charge in [0.25, 0.3) is 0 Å². The molecule has 1 aliphatic rings. The van der Waals surface area contributed by atoms with Crippen molar-refractivity contribution in [2.75, 3.05) is 6.54 Å². The van der Waals surface area contributed by atoms with Crippen LogP contribution in [0.15, 0.2) is 0 Å². The van der Waals surface area contributed by atoms with Gasteiger partial charge in [-0.2, -0.15) is 0 Å². The highest BCUT2D eigenvalue weighted by atomic mass is 16.3. The maximum absolute atomic E-state index is 11.7. The monoisotopic (exact) mass is 228 g/mol. The number of primary amides is 1. The predicted octanol–water partition coefficient (Wildman–Crippen LogP) is -0.130. The Kier molecular flexibility index (Phi) is 4.29. The molecule has 1 saturated heterocycles. The SMILES string of the molecule is CCC[C@@H]1CC(=O)N([C@H](C(N)=O)[C@@H](C)O)C1. The van der Waals surface area contributed by atoms with Crippen molar-refractivity contribution in [2.45, 2.75) is 45.3 Å². The van der Waals surface area contributed by atoms with Crippen LogP contribution in [0.3, 0.4) is 0 Å². The molecule has 1 aliphatic heterocycles. The molecule has 5 heteroatoms. The van der Waals surface area contributed by atoms with Gasteiger partial charge in [-0.05, 0) is 19.3 Å². The number of hydrogen-bond donors (Lipinski definition) is 2. The van der Waals surface area contributed by atoms with Crippen LogP contribution in [0.4, 0.5) is 0 Å². The van der Waals surface area contributed by atoms with Crippen molar-refractivity contribution in [2.24, 2.45) is 11.7 Å². The lowest BCUT2D eigenvalue weighted by Gasteiger charge is -2.27. The van der Waals surface area contributed by atoms with E-state index < -0.39 is 18.1 Å². The van der Waals surface area contributed by atoms with Gasteiger partial charge < -0.3 is 15.7 Å². The number of carbonyl (C=O) groups excluding carboxylic acids is 2. The van der Waals surface area contributed by atoms with E-state index in [2.05, 4.69) is 6.92 Å². The molecule has 1 heterocycles. The third-order valence-corrected chi connectivity index (χ3v) is 3.02. The molecule has 0 spiro atoms. The van der Waals surface area contributed by atoms with Gasteiger partial charge in [0.1, 0.15) is 6.04 Å². The van der Waals surface area contributed by atoms with Crippen LogP contribution in [0.1, 0.15) is 33.1 Å². The first-order valence-corrected chi connectivity index (χ1v) is 5.74. The largest absolute Gasteiger partial charge is 0.391 e. The van der Waals surface area contributed by atoms with Crippen molar-refractivity contribution < 1.29 is 14.7 Å². The summed E-state index contributed by atoms with van der Waals surface area (Å²) < 4.78 is 0. The molecule has 3 atom stereocenters. The fourth-order valence-corrected chi connectivity index (χ4v) is 2.33. The van der Waals surface area contributed by atoms with E-state index in [1.807, 2.05) is 0 Å². The standard InChI is InChI=1S/C11H20N2O3/c1-3-4-8-5-9(15)13(6-8)10(7(2)14)11(12)16/h7-8,10,14H,3-6H2,1-2H3,(H2,12,16)/t7-,8-,10+/m1/s1. The second-order valence-electron chi connectivity index (χ2n) is 4.49. The maximum Gasteiger partial charge on any atom is 0.242 e. The van der Waals surface area contributed by atoms with E-state index in [4.69, 9.17) is 5.73 Å². The fourth-order valence-electron chi connectivity index (χ4n) is 2.33. The van der Waals surface area contributed by atoms with E-state index in [1.165, 1.54) is 11.8 Å². The zero-order valence-corrected chi connectivity index (χ0v) is 9.85. The van der Waals surface area contributed by atoms with E-state index in [-0.39, 0.29) is 11.8 Å². The van der Waals surface area contributed by atoms with Crippen LogP contribution >= 0.6 is 0 Å². The third-order valence-electron chi connectivity index (χ3n) is 3.02. The zero-order valence-electron chi connectivity index (χ0n) is 9.85. The number of nitrogens with two attached hydrogens (primary N) is 1. The minimum Gasteiger partial charge on any atom is -0.391 e. The molecule has 0 radical (unpaired) electrons. The summed E-state index contributed by atoms with van der Waals surface area (Å²) in [5, 5.41) is 9.48. The van der Waals surface area contributed by atoms with E-state index in [0.717, 1.165) is 12.8 Å². The third kappa shape index (κ3) is 2.72. The Morgan fingerprint density at radius 3 is 2.75 bits per heavy atom. The number of aliphatic hydroxyl groups is 1. The molecule has 2 amide bonds. The van der Waals surface area contributed by atoms with E-state index in [9.17, 15) is 14.7 Å². The van der Waals surface area contributed by atoms with Crippen LogP contribution in [-0.2, 0) is 9.59 Å². The van der Waals surface area contributed by atoms with E-state index >= 15 is 0 Å². The van der Waals surface area contributed by atoms with E-state index in [0.29, 0.717) is 13.0 Å². The number of amides is 2. The second-order valence-corrected chi connectivity index (χ2v) is 4.49. The van der Waals surface area contributed by atoms with Gasteiger partial charge in [-0.25, -0.2) is 0 Å². The summed E-state index contributed by atoms with van der Waals surface area (Å²) in [7, 11) is 0. The summed E-state index contributed by atoms with van der Waals surface area (Å²) in [5.74, 6) is -0.429. The molecule has 3 N–H and O–H groups in total. The van der Waals surface area contributed by atoms with Gasteiger partial charge in [0.15, 0.2) is 0 Å². The van der Waals surface area contributed by atoms with Gasteiger partial charge in [-0.3, -0.25) is 9.59 Å². The van der Waals surface area contributed by atoms with Crippen LogP contribution in [0.5, 0.6) is 0 Å². The second kappa shape index (κ2) is 5.30. The fraction of sp³-hybridized carbons (Fsp3) is 0.818. The van der Waals surface area contributed by atoms with Gasteiger partial charge in [-0.1, -0.05) is 13.3 Å². The minimum absolute atomic E-state index is 0.0804. The van der Waals surface area contributed by atoms with Crippen molar-refractivity contribution in [1.82, 2.24) is 4.90 Å². The smallest absolute Gasteiger partial charge is 0.242 e. The van der Waals surface area contributed by atoms with Crippen LogP contribution in [0.2, 0.25) is 0 Å². The molecule has 0 aliphatic carbocycles. The highest BCUT2D eigenvalue weighted by Crippen LogP contribution is 2.24. The van der Waals surface area contributed by atoms with Crippen molar-refractivity contribution in [3.05, 3.63) is 0 Å². The van der Waals surface area contributed by atoms with Gasteiger partial charge in [-0.15, -0.1) is 0 Å². The number of nitrogens with zero attached hydrogens (tertiary/aromatic N) is 1. The number of hydrogen-bond acceptors (Lipinski definition) is 3. The lowest BCUT2D eigenvalue weighted by Crippen LogP contribution is -2.51. The molecule has 0 aromatic carbocycles. The van der Waals surface area contributed by atoms with Crippen molar-refractivity contribution in [3.8, 4) is 0 Å². The first-order valence-electron chi connectivity index (χ1n) is 5.74. The van der Waals surface area contributed by atoms with Crippen LogP contribution in [-0.4, -0.2) is 40.5 Å². The number of aliphatic hydroxyl groups excluding tert-OH is 1. The Bertz CT molecular complexity index is 278. The predicted molar refractivity (Wildman–Crippen MR) is 59.4 cm³/mol. The van der Waals surface area contributed by atoms with Crippen molar-refractivity contribution >= 4 is 11.8 Å². The summed E-state index contributed by atoms with van der Waals surface area (Å²) in [5.41, 5.74) is 5.21. The van der Waals surface area contributed by atoms with Gasteiger partial charge in [0, 0.05) is 13.0 Å². The Labute approximate surface area is 95.6 Å². The summed E-state index contributed by atoms with van der Waals surface area (Å²) in [4.78, 5) is 24.3. The molecule has 0 unspecified atom stereocenters. The topological polar surface area (TPSA) is 83.6 Å². The Balaban J connectivity index is 2.72. The molecular formula is C11H20N2O3.